The topological polar surface area (TPSA) is 71.4 Å². The summed E-state index contributed by atoms with van der Waals surface area (Å²) in [5, 5.41) is 3.51. The number of rotatable bonds is 5. The first-order valence-electron chi connectivity index (χ1n) is 9.61. The SMILES string of the molecule is Cn1cccc(C(=O)N2CCC(CNC(=O)/C=C/c3ccccc3Cl)CC2)c1=O. The number of hydrogen-bond acceptors (Lipinski definition) is 3. The van der Waals surface area contributed by atoms with E-state index in [1.54, 1.807) is 42.4 Å². The minimum Gasteiger partial charge on any atom is -0.352 e. The maximum Gasteiger partial charge on any atom is 0.263 e. The Morgan fingerprint density at radius 1 is 1.17 bits per heavy atom. The van der Waals surface area contributed by atoms with Crippen LogP contribution < -0.4 is 10.9 Å². The van der Waals surface area contributed by atoms with Crippen molar-refractivity contribution in [2.75, 3.05) is 19.6 Å². The zero-order chi connectivity index (χ0) is 20.8. The molecule has 1 fully saturated rings. The van der Waals surface area contributed by atoms with Crippen molar-refractivity contribution in [1.82, 2.24) is 14.8 Å². The maximum atomic E-state index is 12.6. The molecule has 6 nitrogen and oxygen atoms in total. The molecule has 7 heteroatoms. The summed E-state index contributed by atoms with van der Waals surface area (Å²) < 4.78 is 1.41. The van der Waals surface area contributed by atoms with Crippen LogP contribution in [0.4, 0.5) is 0 Å². The van der Waals surface area contributed by atoms with Gasteiger partial charge in [0.15, 0.2) is 0 Å². The monoisotopic (exact) mass is 413 g/mol. The molecule has 0 aliphatic carbocycles. The second-order valence-electron chi connectivity index (χ2n) is 7.17. The molecule has 0 spiro atoms. The van der Waals surface area contributed by atoms with Crippen molar-refractivity contribution < 1.29 is 9.59 Å². The van der Waals surface area contributed by atoms with Crippen molar-refractivity contribution in [3.63, 3.8) is 0 Å². The quantitative estimate of drug-likeness (QED) is 0.766. The first-order valence-corrected chi connectivity index (χ1v) is 9.99. The molecule has 1 aromatic heterocycles. The number of hydrogen-bond donors (Lipinski definition) is 1. The zero-order valence-electron chi connectivity index (χ0n) is 16.3. The second kappa shape index (κ2) is 9.56. The minimum atomic E-state index is -0.280. The number of nitrogens with one attached hydrogen (secondary N) is 1. The molecule has 2 heterocycles. The molecule has 2 amide bonds. The first-order chi connectivity index (χ1) is 14.0. The predicted molar refractivity (Wildman–Crippen MR) is 114 cm³/mol. The third-order valence-electron chi connectivity index (χ3n) is 5.14. The standard InChI is InChI=1S/C22H24ClN3O3/c1-25-12-4-6-18(21(25)28)22(29)26-13-10-16(11-14-26)15-24-20(27)9-8-17-5-2-3-7-19(17)23/h2-9,12,16H,10-11,13-15H2,1H3,(H,24,27)/b9-8+. The molecule has 1 saturated heterocycles. The summed E-state index contributed by atoms with van der Waals surface area (Å²) in [5.74, 6) is -0.0945. The zero-order valence-corrected chi connectivity index (χ0v) is 17.1. The van der Waals surface area contributed by atoms with Gasteiger partial charge in [0.2, 0.25) is 5.91 Å². The van der Waals surface area contributed by atoms with Crippen LogP contribution in [0.2, 0.25) is 5.02 Å². The molecule has 0 saturated carbocycles. The molecule has 0 bridgehead atoms. The molecule has 2 aromatic rings. The first kappa shape index (κ1) is 20.9. The summed E-state index contributed by atoms with van der Waals surface area (Å²) in [6.45, 7) is 1.71. The number of aryl methyl sites for hydroxylation is 1. The smallest absolute Gasteiger partial charge is 0.263 e. The van der Waals surface area contributed by atoms with Gasteiger partial charge in [-0.3, -0.25) is 14.4 Å². The Bertz CT molecular complexity index is 975. The van der Waals surface area contributed by atoms with Crippen molar-refractivity contribution in [3.8, 4) is 0 Å². The van der Waals surface area contributed by atoms with Gasteiger partial charge in [-0.05, 0) is 48.6 Å². The predicted octanol–water partition coefficient (Wildman–Crippen LogP) is 2.72. The molecule has 1 aliphatic rings. The molecule has 1 N–H and O–H groups in total. The summed E-state index contributed by atoms with van der Waals surface area (Å²) in [4.78, 5) is 38.5. The molecular formula is C22H24ClN3O3. The van der Waals surface area contributed by atoms with Gasteiger partial charge < -0.3 is 14.8 Å². The summed E-state index contributed by atoms with van der Waals surface area (Å²) in [5.41, 5.74) is 0.715. The van der Waals surface area contributed by atoms with E-state index in [0.29, 0.717) is 30.6 Å². The number of aromatic nitrogens is 1. The number of carbonyl (C=O) groups excluding carboxylic acids is 2. The van der Waals surface area contributed by atoms with Crippen molar-refractivity contribution in [2.45, 2.75) is 12.8 Å². The lowest BCUT2D eigenvalue weighted by molar-refractivity contribution is -0.116. The summed E-state index contributed by atoms with van der Waals surface area (Å²) in [6, 6.07) is 10.6. The Morgan fingerprint density at radius 2 is 1.90 bits per heavy atom. The molecule has 29 heavy (non-hydrogen) atoms. The van der Waals surface area contributed by atoms with Gasteiger partial charge in [0.1, 0.15) is 5.56 Å². The van der Waals surface area contributed by atoms with Gasteiger partial charge in [0, 0.05) is 44.0 Å². The van der Waals surface area contributed by atoms with Crippen molar-refractivity contribution >= 4 is 29.5 Å². The summed E-state index contributed by atoms with van der Waals surface area (Å²) >= 11 is 6.07. The molecule has 3 rings (SSSR count). The Kier molecular flexibility index (Phi) is 6.88. The van der Waals surface area contributed by atoms with Gasteiger partial charge in [-0.15, -0.1) is 0 Å². The van der Waals surface area contributed by atoms with Crippen LogP contribution in [-0.4, -0.2) is 40.9 Å². The largest absolute Gasteiger partial charge is 0.352 e. The van der Waals surface area contributed by atoms with E-state index in [1.807, 2.05) is 18.2 Å². The van der Waals surface area contributed by atoms with Gasteiger partial charge in [-0.1, -0.05) is 29.8 Å². The lowest BCUT2D eigenvalue weighted by Gasteiger charge is -2.32. The number of nitrogens with zero attached hydrogens (tertiary/aromatic N) is 2. The number of carbonyl (C=O) groups is 2. The Labute approximate surface area is 174 Å². The Balaban J connectivity index is 1.47. The fraction of sp³-hybridized carbons (Fsp3) is 0.318. The van der Waals surface area contributed by atoms with Crippen LogP contribution in [0.3, 0.4) is 0 Å². The van der Waals surface area contributed by atoms with Crippen LogP contribution in [-0.2, 0) is 11.8 Å². The average Bonchev–Trinajstić information content (AvgIpc) is 2.73. The van der Waals surface area contributed by atoms with E-state index >= 15 is 0 Å². The lowest BCUT2D eigenvalue weighted by Crippen LogP contribution is -2.43. The number of likely N-dealkylation sites (tertiary alicyclic amines) is 1. The number of amides is 2. The van der Waals surface area contributed by atoms with E-state index in [9.17, 15) is 14.4 Å². The van der Waals surface area contributed by atoms with E-state index in [4.69, 9.17) is 11.6 Å². The van der Waals surface area contributed by atoms with Crippen molar-refractivity contribution in [1.29, 1.82) is 0 Å². The van der Waals surface area contributed by atoms with Crippen molar-refractivity contribution in [3.05, 3.63) is 75.2 Å². The third kappa shape index (κ3) is 5.35. The van der Waals surface area contributed by atoms with Crippen LogP contribution in [0.15, 0.2) is 53.5 Å². The number of piperidine rings is 1. The Hall–Kier alpha value is -2.86. The maximum absolute atomic E-state index is 12.6. The Morgan fingerprint density at radius 3 is 2.62 bits per heavy atom. The van der Waals surface area contributed by atoms with Crippen LogP contribution in [0.5, 0.6) is 0 Å². The lowest BCUT2D eigenvalue weighted by atomic mass is 9.96. The van der Waals surface area contributed by atoms with Gasteiger partial charge in [0.05, 0.1) is 0 Å². The molecular weight excluding hydrogens is 390 g/mol. The molecule has 1 aromatic carbocycles. The third-order valence-corrected chi connectivity index (χ3v) is 5.48. The number of benzene rings is 1. The van der Waals surface area contributed by atoms with Crippen LogP contribution >= 0.6 is 11.6 Å². The minimum absolute atomic E-state index is 0.170. The van der Waals surface area contributed by atoms with Crippen LogP contribution in [0.25, 0.3) is 6.08 Å². The highest BCUT2D eigenvalue weighted by molar-refractivity contribution is 6.32. The van der Waals surface area contributed by atoms with Gasteiger partial charge in [-0.2, -0.15) is 0 Å². The number of halogens is 1. The molecule has 1 aliphatic heterocycles. The second-order valence-corrected chi connectivity index (χ2v) is 7.58. The normalized spacial score (nSPS) is 14.9. The molecule has 0 radical (unpaired) electrons. The molecule has 152 valence electrons. The fourth-order valence-corrected chi connectivity index (χ4v) is 3.55. The summed E-state index contributed by atoms with van der Waals surface area (Å²) in [7, 11) is 1.63. The summed E-state index contributed by atoms with van der Waals surface area (Å²) in [6.07, 6.45) is 6.37. The van der Waals surface area contributed by atoms with Crippen LogP contribution in [0.1, 0.15) is 28.8 Å². The highest BCUT2D eigenvalue weighted by Crippen LogP contribution is 2.18. The van der Waals surface area contributed by atoms with Crippen molar-refractivity contribution in [2.24, 2.45) is 13.0 Å². The highest BCUT2D eigenvalue weighted by Gasteiger charge is 2.25. The van der Waals surface area contributed by atoms with Gasteiger partial charge >= 0.3 is 0 Å². The average molecular weight is 414 g/mol. The van der Waals surface area contributed by atoms with Crippen LogP contribution in [0, 0.1) is 5.92 Å². The van der Waals surface area contributed by atoms with E-state index < -0.39 is 0 Å². The fourth-order valence-electron chi connectivity index (χ4n) is 3.35. The van der Waals surface area contributed by atoms with E-state index in [2.05, 4.69) is 5.32 Å². The molecule has 0 unspecified atom stereocenters. The molecule has 0 atom stereocenters. The highest BCUT2D eigenvalue weighted by atomic mass is 35.5. The van der Waals surface area contributed by atoms with E-state index in [1.165, 1.54) is 10.6 Å². The van der Waals surface area contributed by atoms with E-state index in [0.717, 1.165) is 18.4 Å². The number of pyridine rings is 1. The van der Waals surface area contributed by atoms with E-state index in [-0.39, 0.29) is 22.9 Å². The van der Waals surface area contributed by atoms with Gasteiger partial charge in [-0.25, -0.2) is 0 Å². The van der Waals surface area contributed by atoms with Gasteiger partial charge in [0.25, 0.3) is 11.5 Å².